The first kappa shape index (κ1) is 12.5. The van der Waals surface area contributed by atoms with Gasteiger partial charge in [-0.05, 0) is 17.7 Å². The maximum absolute atomic E-state index is 11.8. The molecule has 0 aliphatic carbocycles. The van der Waals surface area contributed by atoms with E-state index in [1.54, 1.807) is 6.07 Å². The van der Waals surface area contributed by atoms with Crippen molar-refractivity contribution in [3.8, 4) is 0 Å². The summed E-state index contributed by atoms with van der Waals surface area (Å²) in [6.45, 7) is -1.11. The van der Waals surface area contributed by atoms with Crippen molar-refractivity contribution in [1.82, 2.24) is 5.32 Å². The van der Waals surface area contributed by atoms with Gasteiger partial charge in [0.25, 0.3) is 0 Å². The van der Waals surface area contributed by atoms with E-state index < -0.39 is 18.7 Å². The second-order valence-electron chi connectivity index (χ2n) is 3.22. The molecular formula is C10H10F3NO2. The minimum absolute atomic E-state index is 0.0133. The average molecular weight is 233 g/mol. The van der Waals surface area contributed by atoms with E-state index in [-0.39, 0.29) is 12.1 Å². The van der Waals surface area contributed by atoms with Crippen molar-refractivity contribution in [2.75, 3.05) is 6.54 Å². The van der Waals surface area contributed by atoms with Gasteiger partial charge in [-0.3, -0.25) is 0 Å². The zero-order chi connectivity index (χ0) is 12.2. The quantitative estimate of drug-likeness (QED) is 0.836. The van der Waals surface area contributed by atoms with E-state index in [0.29, 0.717) is 5.56 Å². The molecule has 1 rings (SSSR count). The lowest BCUT2D eigenvalue weighted by Crippen LogP contribution is -2.28. The maximum Gasteiger partial charge on any atom is 0.401 e. The molecule has 0 heterocycles. The molecule has 16 heavy (non-hydrogen) atoms. The van der Waals surface area contributed by atoms with Crippen LogP contribution in [0.1, 0.15) is 15.9 Å². The molecule has 6 heteroatoms. The molecular weight excluding hydrogens is 223 g/mol. The monoisotopic (exact) mass is 233 g/mol. The van der Waals surface area contributed by atoms with Crippen LogP contribution in [-0.4, -0.2) is 23.8 Å². The van der Waals surface area contributed by atoms with Gasteiger partial charge in [-0.15, -0.1) is 0 Å². The summed E-state index contributed by atoms with van der Waals surface area (Å²) < 4.78 is 35.4. The number of carboxylic acids is 1. The number of alkyl halides is 3. The van der Waals surface area contributed by atoms with Crippen molar-refractivity contribution < 1.29 is 23.1 Å². The second kappa shape index (κ2) is 4.98. The summed E-state index contributed by atoms with van der Waals surface area (Å²) >= 11 is 0. The molecule has 3 nitrogen and oxygen atoms in total. The van der Waals surface area contributed by atoms with Crippen molar-refractivity contribution >= 4 is 5.97 Å². The lowest BCUT2D eigenvalue weighted by molar-refractivity contribution is -0.125. The van der Waals surface area contributed by atoms with E-state index in [9.17, 15) is 18.0 Å². The molecule has 0 spiro atoms. The summed E-state index contributed by atoms with van der Waals surface area (Å²) in [6.07, 6.45) is -4.26. The highest BCUT2D eigenvalue weighted by Crippen LogP contribution is 2.13. The van der Waals surface area contributed by atoms with Crippen LogP contribution in [0.2, 0.25) is 0 Å². The van der Waals surface area contributed by atoms with Crippen LogP contribution < -0.4 is 5.32 Å². The lowest BCUT2D eigenvalue weighted by Gasteiger charge is -2.08. The molecule has 0 saturated heterocycles. The third kappa shape index (κ3) is 4.31. The summed E-state index contributed by atoms with van der Waals surface area (Å²) in [7, 11) is 0. The van der Waals surface area contributed by atoms with Crippen molar-refractivity contribution in [2.45, 2.75) is 12.7 Å². The van der Waals surface area contributed by atoms with Crippen LogP contribution in [0.4, 0.5) is 13.2 Å². The van der Waals surface area contributed by atoms with Gasteiger partial charge < -0.3 is 10.4 Å². The molecule has 0 aliphatic rings. The molecule has 0 atom stereocenters. The molecule has 0 aliphatic heterocycles. The van der Waals surface area contributed by atoms with Crippen LogP contribution in [-0.2, 0) is 6.54 Å². The number of hydrogen-bond acceptors (Lipinski definition) is 2. The summed E-state index contributed by atoms with van der Waals surface area (Å²) in [5.41, 5.74) is 0.565. The largest absolute Gasteiger partial charge is 0.478 e. The number of halogens is 3. The number of nitrogens with one attached hydrogen (secondary N) is 1. The van der Waals surface area contributed by atoms with Gasteiger partial charge in [0.05, 0.1) is 12.1 Å². The first-order chi connectivity index (χ1) is 7.38. The standard InChI is InChI=1S/C10H10F3NO2/c11-10(12,13)6-14-5-7-2-1-3-8(4-7)9(15)16/h1-4,14H,5-6H2,(H,15,16). The highest BCUT2D eigenvalue weighted by Gasteiger charge is 2.26. The van der Waals surface area contributed by atoms with Gasteiger partial charge >= 0.3 is 12.1 Å². The molecule has 1 aromatic carbocycles. The molecule has 0 radical (unpaired) electrons. The molecule has 0 saturated carbocycles. The second-order valence-corrected chi connectivity index (χ2v) is 3.22. The van der Waals surface area contributed by atoms with E-state index in [0.717, 1.165) is 0 Å². The first-order valence-electron chi connectivity index (χ1n) is 4.48. The van der Waals surface area contributed by atoms with Crippen molar-refractivity contribution in [3.63, 3.8) is 0 Å². The molecule has 0 aromatic heterocycles. The van der Waals surface area contributed by atoms with E-state index in [2.05, 4.69) is 5.32 Å². The smallest absolute Gasteiger partial charge is 0.401 e. The van der Waals surface area contributed by atoms with Gasteiger partial charge in [0.15, 0.2) is 0 Å². The minimum Gasteiger partial charge on any atom is -0.478 e. The summed E-state index contributed by atoms with van der Waals surface area (Å²) in [6, 6.07) is 5.78. The maximum atomic E-state index is 11.8. The molecule has 1 aromatic rings. The number of aromatic carboxylic acids is 1. The van der Waals surface area contributed by atoms with Crippen molar-refractivity contribution in [3.05, 3.63) is 35.4 Å². The Morgan fingerprint density at radius 1 is 1.38 bits per heavy atom. The van der Waals surface area contributed by atoms with Gasteiger partial charge in [0.1, 0.15) is 0 Å². The van der Waals surface area contributed by atoms with Gasteiger partial charge in [0.2, 0.25) is 0 Å². The van der Waals surface area contributed by atoms with Crippen LogP contribution in [0.25, 0.3) is 0 Å². The Morgan fingerprint density at radius 3 is 2.62 bits per heavy atom. The predicted molar refractivity (Wildman–Crippen MR) is 51.2 cm³/mol. The highest BCUT2D eigenvalue weighted by atomic mass is 19.4. The van der Waals surface area contributed by atoms with Crippen LogP contribution in [0.15, 0.2) is 24.3 Å². The Labute approximate surface area is 89.9 Å². The Balaban J connectivity index is 2.55. The van der Waals surface area contributed by atoms with Crippen molar-refractivity contribution in [1.29, 1.82) is 0 Å². The van der Waals surface area contributed by atoms with E-state index in [4.69, 9.17) is 5.11 Å². The fourth-order valence-electron chi connectivity index (χ4n) is 1.16. The topological polar surface area (TPSA) is 49.3 Å². The predicted octanol–water partition coefficient (Wildman–Crippen LogP) is 2.04. The Hall–Kier alpha value is -1.56. The molecule has 88 valence electrons. The van der Waals surface area contributed by atoms with Gasteiger partial charge in [-0.1, -0.05) is 12.1 Å². The fraction of sp³-hybridized carbons (Fsp3) is 0.300. The Kier molecular flexibility index (Phi) is 3.89. The molecule has 0 bridgehead atoms. The molecule has 0 unspecified atom stereocenters. The number of carbonyl (C=O) groups is 1. The van der Waals surface area contributed by atoms with Crippen LogP contribution >= 0.6 is 0 Å². The lowest BCUT2D eigenvalue weighted by atomic mass is 10.1. The summed E-state index contributed by atoms with van der Waals surface area (Å²) in [5.74, 6) is -1.10. The van der Waals surface area contributed by atoms with E-state index in [1.165, 1.54) is 18.2 Å². The van der Waals surface area contributed by atoms with E-state index in [1.807, 2.05) is 0 Å². The van der Waals surface area contributed by atoms with Crippen LogP contribution in [0.5, 0.6) is 0 Å². The number of benzene rings is 1. The number of hydrogen-bond donors (Lipinski definition) is 2. The van der Waals surface area contributed by atoms with Gasteiger partial charge in [0, 0.05) is 6.54 Å². The van der Waals surface area contributed by atoms with Gasteiger partial charge in [-0.2, -0.15) is 13.2 Å². The summed E-state index contributed by atoms with van der Waals surface area (Å²) in [5, 5.41) is 10.9. The fourth-order valence-corrected chi connectivity index (χ4v) is 1.16. The van der Waals surface area contributed by atoms with Crippen molar-refractivity contribution in [2.24, 2.45) is 0 Å². The third-order valence-corrected chi connectivity index (χ3v) is 1.83. The normalized spacial score (nSPS) is 11.4. The summed E-state index contributed by atoms with van der Waals surface area (Å²) in [4.78, 5) is 10.6. The number of rotatable bonds is 4. The van der Waals surface area contributed by atoms with Crippen LogP contribution in [0, 0.1) is 0 Å². The zero-order valence-electron chi connectivity index (χ0n) is 8.21. The highest BCUT2D eigenvalue weighted by molar-refractivity contribution is 5.87. The minimum atomic E-state index is -4.26. The first-order valence-corrected chi connectivity index (χ1v) is 4.48. The van der Waals surface area contributed by atoms with Crippen LogP contribution in [0.3, 0.4) is 0 Å². The zero-order valence-corrected chi connectivity index (χ0v) is 8.21. The molecule has 0 fully saturated rings. The Morgan fingerprint density at radius 2 is 2.06 bits per heavy atom. The molecule has 2 N–H and O–H groups in total. The number of carboxylic acid groups (broad SMARTS) is 1. The van der Waals surface area contributed by atoms with E-state index >= 15 is 0 Å². The SMILES string of the molecule is O=C(O)c1cccc(CNCC(F)(F)F)c1. The Bertz CT molecular complexity index is 377. The third-order valence-electron chi connectivity index (χ3n) is 1.83. The average Bonchev–Trinajstić information content (AvgIpc) is 2.16. The van der Waals surface area contributed by atoms with Gasteiger partial charge in [-0.25, -0.2) is 4.79 Å². The molecule has 0 amide bonds.